The number of likely N-dealkylation sites (tertiary alicyclic amines) is 1. The molecule has 41 heteroatoms. The Hall–Kier alpha value is -12.5. The van der Waals surface area contributed by atoms with E-state index in [1.54, 1.807) is 91.0 Å². The number of esters is 2. The van der Waals surface area contributed by atoms with Crippen LogP contribution in [0.5, 0.6) is 0 Å². The van der Waals surface area contributed by atoms with Gasteiger partial charge in [-0.15, -0.1) is 11.8 Å². The molecular weight excluding hydrogens is 1720 g/mol. The lowest BCUT2D eigenvalue weighted by Gasteiger charge is -2.35. The Balaban J connectivity index is 1.39. The Labute approximate surface area is 775 Å². The number of carbonyl (C=O) groups is 15. The fourth-order valence-electron chi connectivity index (χ4n) is 14.9. The number of hydrogen-bond donors (Lipinski definition) is 20. The number of imidazole rings is 1. The second kappa shape index (κ2) is 62.7. The standard InChI is InChI=1S/C91H137N21O19S/c1-5-6-7-8-9-10-11-12-13-14-15-16-17-29-44-98-75(118)56-111(55-72(92)115)77(120)43-28-21-30-45-99-82(122)68(49-61-34-22-18-23-35-61)106-84(124)67(42-32-47-101-91(95)96)105-86(126)70(58-132-71(89(129)131-4)52-78(121)130-3)108-83(123)66(41-31-46-100-90(93)94)104-73(116)51-65-40-33-48-112(65)88(128)81(79(62-36-24-19-25-37-62)63-38-26-20-27-39-63)110-85(125)69(50-64-53-97-59-103-64)107-87(127)80(60(2)114)109-74(117)54-102-76(119)57-113/h18-20,22-27,34-39,52-53,59-60,65-70,79-81,113-114H,5-17,21,28-33,40-51,54-58H2,1-4H3,(H2,92,115)(H,97,103)(H,98,118)(H,99,122)(H,102,119)(H,104,116)(H,105,126)(H,106,124)(H,107,127)(H,108,123)(H,109,117)(H,110,125)(H4,93,94,100)(H4,95,96,101)/b71-52-/t60-,65+,66+,67+,68+,69+,70+,80+,81+/m1/s1. The zero-order chi connectivity index (χ0) is 96.5. The summed E-state index contributed by atoms with van der Waals surface area (Å²) in [7, 11) is 2.07. The van der Waals surface area contributed by atoms with E-state index in [1.165, 1.54) is 88.6 Å². The highest BCUT2D eigenvalue weighted by atomic mass is 32.2. The summed E-state index contributed by atoms with van der Waals surface area (Å²) in [5.41, 5.74) is 18.8. The number of aliphatic hydroxyl groups is 2. The number of nitrogens with one attached hydrogen (secondary N) is 15. The number of nitrogens with zero attached hydrogens (tertiary/aromatic N) is 3. The van der Waals surface area contributed by atoms with Gasteiger partial charge in [-0.25, -0.2) is 14.6 Å². The number of primary amides is 1. The number of ether oxygens (including phenoxy) is 2. The van der Waals surface area contributed by atoms with Crippen molar-refractivity contribution in [1.82, 2.24) is 83.6 Å². The molecule has 40 nitrogen and oxygen atoms in total. The van der Waals surface area contributed by atoms with Crippen LogP contribution in [-0.4, -0.2) is 264 Å². The Morgan fingerprint density at radius 3 is 1.59 bits per heavy atom. The monoisotopic (exact) mass is 1860 g/mol. The summed E-state index contributed by atoms with van der Waals surface area (Å²) in [5.74, 6) is -15.1. The second-order valence-corrected chi connectivity index (χ2v) is 33.5. The lowest BCUT2D eigenvalue weighted by Crippen LogP contribution is -2.61. The van der Waals surface area contributed by atoms with Gasteiger partial charge in [-0.3, -0.25) is 73.1 Å². The van der Waals surface area contributed by atoms with Crippen LogP contribution in [0.3, 0.4) is 0 Å². The molecule has 726 valence electrons. The minimum atomic E-state index is -1.78. The Bertz CT molecular complexity index is 4310. The Morgan fingerprint density at radius 1 is 0.545 bits per heavy atom. The molecule has 9 atom stereocenters. The highest BCUT2D eigenvalue weighted by Gasteiger charge is 2.43. The molecule has 2 heterocycles. The number of rotatable bonds is 65. The molecule has 1 aromatic heterocycles. The van der Waals surface area contributed by atoms with E-state index in [2.05, 4.69) is 80.7 Å². The molecule has 13 amide bonds. The molecule has 0 unspecified atom stereocenters. The van der Waals surface area contributed by atoms with Gasteiger partial charge in [0.15, 0.2) is 11.9 Å². The lowest BCUT2D eigenvalue weighted by molar-refractivity contribution is -0.139. The van der Waals surface area contributed by atoms with Crippen molar-refractivity contribution in [3.63, 3.8) is 0 Å². The molecule has 23 N–H and O–H groups in total. The van der Waals surface area contributed by atoms with E-state index in [9.17, 15) is 63.0 Å². The quantitative estimate of drug-likeness (QED) is 0.00975. The van der Waals surface area contributed by atoms with Crippen LogP contribution in [0.1, 0.15) is 203 Å². The minimum Gasteiger partial charge on any atom is -0.466 e. The SMILES string of the molecule is CCCCCCCCCCCCCCCCNC(=O)CN(CC(N)=O)C(=O)CCCCCNC(=O)[C@H](Cc1ccccc1)NC(=O)[C@H](CCCNC(=N)N)NC(=O)[C@H](CS/C(=C\C(=O)OC)C(=O)OC)NC(=O)[C@H](CCCNC(=N)N)NC(=O)C[C@@H]1CCCN1C(=O)[C@@H](NC(=O)[C@H](Cc1cnc[nH]1)NC(=O)[C@@H](NC(=O)CNC(=O)CO)[C@@H](C)O)C(c1ccccc1)c1ccccc1. The van der Waals surface area contributed by atoms with Gasteiger partial charge in [0, 0.05) is 94.1 Å². The summed E-state index contributed by atoms with van der Waals surface area (Å²) in [6.07, 6.45) is 19.0. The van der Waals surface area contributed by atoms with Crippen molar-refractivity contribution in [3.8, 4) is 0 Å². The highest BCUT2D eigenvalue weighted by molar-refractivity contribution is 8.04. The normalized spacial score (nSPS) is 14.1. The Morgan fingerprint density at radius 2 is 1.05 bits per heavy atom. The van der Waals surface area contributed by atoms with Gasteiger partial charge in [-0.05, 0) is 81.4 Å². The largest absolute Gasteiger partial charge is 0.466 e. The smallest absolute Gasteiger partial charge is 0.344 e. The molecule has 0 spiro atoms. The maximum Gasteiger partial charge on any atom is 0.344 e. The number of H-pyrrole nitrogens is 1. The van der Waals surface area contributed by atoms with Crippen LogP contribution in [0, 0.1) is 10.8 Å². The molecule has 0 radical (unpaired) electrons. The molecule has 5 rings (SSSR count). The van der Waals surface area contributed by atoms with E-state index in [0.717, 1.165) is 50.9 Å². The van der Waals surface area contributed by atoms with Crippen molar-refractivity contribution in [3.05, 3.63) is 137 Å². The lowest BCUT2D eigenvalue weighted by atomic mass is 9.84. The Kier molecular flexibility index (Phi) is 52.2. The number of benzene rings is 3. The van der Waals surface area contributed by atoms with Crippen LogP contribution in [-0.2, 0) is 94.2 Å². The first-order valence-electron chi connectivity index (χ1n) is 45.3. The van der Waals surface area contributed by atoms with Crippen molar-refractivity contribution in [2.24, 2.45) is 17.2 Å². The van der Waals surface area contributed by atoms with Gasteiger partial charge < -0.3 is 115 Å². The van der Waals surface area contributed by atoms with Gasteiger partial charge >= 0.3 is 11.9 Å². The third-order valence-electron chi connectivity index (χ3n) is 21.9. The van der Waals surface area contributed by atoms with Gasteiger partial charge in [-0.2, -0.15) is 0 Å². The molecule has 132 heavy (non-hydrogen) atoms. The van der Waals surface area contributed by atoms with E-state index in [-0.39, 0.29) is 84.1 Å². The van der Waals surface area contributed by atoms with Crippen LogP contribution < -0.4 is 81.0 Å². The molecule has 4 aromatic rings. The summed E-state index contributed by atoms with van der Waals surface area (Å²) < 4.78 is 9.75. The number of aromatic nitrogens is 2. The van der Waals surface area contributed by atoms with Gasteiger partial charge in [0.2, 0.25) is 76.8 Å². The van der Waals surface area contributed by atoms with Gasteiger partial charge in [-0.1, -0.05) is 188 Å². The summed E-state index contributed by atoms with van der Waals surface area (Å²) in [4.78, 5) is 218. The first-order valence-corrected chi connectivity index (χ1v) is 46.3. The average Bonchev–Trinajstić information content (AvgIpc) is 1.51. The van der Waals surface area contributed by atoms with Crippen molar-refractivity contribution >= 4 is 112 Å². The first-order chi connectivity index (χ1) is 63.4. The number of methoxy groups -OCH3 is 2. The minimum absolute atomic E-state index is 0.000806. The molecule has 1 saturated heterocycles. The zero-order valence-corrected chi connectivity index (χ0v) is 77.0. The predicted molar refractivity (Wildman–Crippen MR) is 495 cm³/mol. The number of nitrogens with two attached hydrogens (primary N) is 3. The topological polar surface area (TPSA) is 620 Å². The fourth-order valence-corrected chi connectivity index (χ4v) is 15.9. The van der Waals surface area contributed by atoms with E-state index >= 15 is 19.2 Å². The van der Waals surface area contributed by atoms with Crippen molar-refractivity contribution in [2.45, 2.75) is 248 Å². The molecule has 0 saturated carbocycles. The molecule has 1 aliphatic heterocycles. The highest BCUT2D eigenvalue weighted by Crippen LogP contribution is 2.33. The van der Waals surface area contributed by atoms with Crippen LogP contribution in [0.15, 0.2) is 115 Å². The summed E-state index contributed by atoms with van der Waals surface area (Å²) >= 11 is 0.568. The summed E-state index contributed by atoms with van der Waals surface area (Å²) in [6, 6.07) is 14.2. The number of guanidine groups is 2. The second-order valence-electron chi connectivity index (χ2n) is 32.4. The molecular formula is C91H137N21O19S. The van der Waals surface area contributed by atoms with Crippen molar-refractivity contribution in [2.75, 3.05) is 78.9 Å². The maximum atomic E-state index is 15.9. The van der Waals surface area contributed by atoms with Gasteiger partial charge in [0.05, 0.1) is 44.6 Å². The van der Waals surface area contributed by atoms with E-state index in [0.29, 0.717) is 66.4 Å². The first kappa shape index (κ1) is 110. The van der Waals surface area contributed by atoms with Crippen molar-refractivity contribution < 1.29 is 91.6 Å². The summed E-state index contributed by atoms with van der Waals surface area (Å²) in [6.45, 7) is 1.50. The number of carbonyl (C=O) groups excluding carboxylic acids is 15. The zero-order valence-electron chi connectivity index (χ0n) is 76.1. The van der Waals surface area contributed by atoms with Crippen LogP contribution in [0.25, 0.3) is 0 Å². The van der Waals surface area contributed by atoms with Crippen molar-refractivity contribution in [1.29, 1.82) is 10.8 Å². The van der Waals surface area contributed by atoms with Crippen LogP contribution >= 0.6 is 11.8 Å². The third kappa shape index (κ3) is 43.0. The van der Waals surface area contributed by atoms with Crippen LogP contribution in [0.4, 0.5) is 0 Å². The van der Waals surface area contributed by atoms with E-state index < -0.39 is 198 Å². The number of amides is 13. The van der Waals surface area contributed by atoms with Crippen LogP contribution in [0.2, 0.25) is 0 Å². The third-order valence-corrected chi connectivity index (χ3v) is 23.0. The molecule has 0 bridgehead atoms. The fraction of sp³-hybridized carbons (Fsp3) is 0.560. The molecule has 1 fully saturated rings. The number of aliphatic hydroxyl groups excluding tert-OH is 2. The average molecular weight is 1860 g/mol. The molecule has 1 aliphatic rings. The van der Waals surface area contributed by atoms with Gasteiger partial charge in [0.1, 0.15) is 55.4 Å². The molecule has 0 aliphatic carbocycles. The maximum absolute atomic E-state index is 15.9. The summed E-state index contributed by atoms with van der Waals surface area (Å²) in [5, 5.41) is 67.5. The number of aromatic amines is 1. The number of thioether (sulfide) groups is 1. The van der Waals surface area contributed by atoms with Gasteiger partial charge in [0.25, 0.3) is 0 Å². The van der Waals surface area contributed by atoms with E-state index in [1.807, 2.05) is 0 Å². The molecule has 3 aromatic carbocycles. The predicted octanol–water partition coefficient (Wildman–Crippen LogP) is 1.37. The number of hydrogen-bond acceptors (Lipinski definition) is 23. The number of unbranched alkanes of at least 4 members (excludes halogenated alkanes) is 15. The van der Waals surface area contributed by atoms with E-state index in [4.69, 9.17) is 37.5 Å².